The molecule has 1 saturated carbocycles. The molecule has 0 aromatic rings. The number of carbonyl (C=O) groups is 2. The zero-order valence-corrected chi connectivity index (χ0v) is 11.8. The van der Waals surface area contributed by atoms with Gasteiger partial charge in [0.25, 0.3) is 0 Å². The minimum Gasteiger partial charge on any atom is -0.336 e. The number of hydrogen-bond donors (Lipinski definition) is 1. The molecule has 2 amide bonds. The number of likely N-dealkylation sites (tertiary alicyclic amines) is 1. The summed E-state index contributed by atoms with van der Waals surface area (Å²) in [6.07, 6.45) is 2.97. The molecule has 1 aliphatic carbocycles. The zero-order chi connectivity index (χ0) is 14.3. The molecule has 1 saturated heterocycles. The van der Waals surface area contributed by atoms with E-state index in [4.69, 9.17) is 5.26 Å². The van der Waals surface area contributed by atoms with E-state index in [1.165, 1.54) is 0 Å². The van der Waals surface area contributed by atoms with Crippen molar-refractivity contribution in [3.05, 3.63) is 0 Å². The molecular formula is C14H21N3O2. The second-order valence-electron chi connectivity index (χ2n) is 6.59. The van der Waals surface area contributed by atoms with E-state index >= 15 is 0 Å². The summed E-state index contributed by atoms with van der Waals surface area (Å²) in [5.41, 5.74) is -1.13. The van der Waals surface area contributed by atoms with E-state index in [0.29, 0.717) is 13.0 Å². The molecule has 0 spiro atoms. The highest BCUT2D eigenvalue weighted by Gasteiger charge is 2.47. The highest BCUT2D eigenvalue weighted by Crippen LogP contribution is 2.35. The van der Waals surface area contributed by atoms with Gasteiger partial charge in [-0.25, -0.2) is 0 Å². The van der Waals surface area contributed by atoms with Crippen LogP contribution in [-0.4, -0.2) is 34.8 Å². The molecular weight excluding hydrogens is 242 g/mol. The molecule has 0 aromatic carbocycles. The molecule has 1 atom stereocenters. The monoisotopic (exact) mass is 263 g/mol. The summed E-state index contributed by atoms with van der Waals surface area (Å²) in [6.45, 7) is 6.22. The van der Waals surface area contributed by atoms with Crippen LogP contribution in [0.2, 0.25) is 0 Å². The normalized spacial score (nSPS) is 24.7. The smallest absolute Gasteiger partial charge is 0.244 e. The Kier molecular flexibility index (Phi) is 3.29. The Hall–Kier alpha value is -1.57. The Labute approximate surface area is 113 Å². The molecule has 1 unspecified atom stereocenters. The van der Waals surface area contributed by atoms with Crippen LogP contribution >= 0.6 is 0 Å². The number of amides is 2. The van der Waals surface area contributed by atoms with Crippen LogP contribution in [0.15, 0.2) is 0 Å². The van der Waals surface area contributed by atoms with Crippen molar-refractivity contribution in [3.63, 3.8) is 0 Å². The van der Waals surface area contributed by atoms with Crippen molar-refractivity contribution < 1.29 is 9.59 Å². The van der Waals surface area contributed by atoms with Crippen LogP contribution in [0.5, 0.6) is 0 Å². The van der Waals surface area contributed by atoms with Crippen LogP contribution in [0.1, 0.15) is 46.5 Å². The van der Waals surface area contributed by atoms with Gasteiger partial charge in [0.15, 0.2) is 0 Å². The van der Waals surface area contributed by atoms with Crippen molar-refractivity contribution in [2.24, 2.45) is 5.41 Å². The van der Waals surface area contributed by atoms with Gasteiger partial charge in [0.2, 0.25) is 11.8 Å². The number of carbonyl (C=O) groups excluding carboxylic acids is 2. The second-order valence-corrected chi connectivity index (χ2v) is 6.59. The summed E-state index contributed by atoms with van der Waals surface area (Å²) in [6, 6.07) is 1.74. The quantitative estimate of drug-likeness (QED) is 0.813. The third-order valence-corrected chi connectivity index (χ3v) is 3.78. The van der Waals surface area contributed by atoms with Crippen LogP contribution < -0.4 is 5.32 Å². The Morgan fingerprint density at radius 2 is 2.00 bits per heavy atom. The van der Waals surface area contributed by atoms with E-state index in [1.807, 2.05) is 20.8 Å². The fraction of sp³-hybridized carbons (Fsp3) is 0.786. The SMILES string of the molecule is CC(C)(C)C(=O)N1CCCC1C(=O)NC1(C#N)CC1. The topological polar surface area (TPSA) is 73.2 Å². The van der Waals surface area contributed by atoms with Crippen molar-refractivity contribution in [2.75, 3.05) is 6.54 Å². The third kappa shape index (κ3) is 2.73. The molecule has 19 heavy (non-hydrogen) atoms. The van der Waals surface area contributed by atoms with E-state index in [1.54, 1.807) is 4.90 Å². The Morgan fingerprint density at radius 3 is 2.47 bits per heavy atom. The molecule has 1 aliphatic heterocycles. The predicted octanol–water partition coefficient (Wildman–Crippen LogP) is 1.20. The molecule has 0 aromatic heterocycles. The Balaban J connectivity index is 2.05. The van der Waals surface area contributed by atoms with Gasteiger partial charge in [0.1, 0.15) is 11.6 Å². The molecule has 5 nitrogen and oxygen atoms in total. The maximum atomic E-state index is 12.3. The van der Waals surface area contributed by atoms with Gasteiger partial charge in [0, 0.05) is 12.0 Å². The summed E-state index contributed by atoms with van der Waals surface area (Å²) >= 11 is 0. The highest BCUT2D eigenvalue weighted by molar-refractivity contribution is 5.90. The van der Waals surface area contributed by atoms with Gasteiger partial charge >= 0.3 is 0 Å². The largest absolute Gasteiger partial charge is 0.336 e. The molecule has 0 bridgehead atoms. The number of hydrogen-bond acceptors (Lipinski definition) is 3. The van der Waals surface area contributed by atoms with E-state index in [9.17, 15) is 9.59 Å². The first-order valence-electron chi connectivity index (χ1n) is 6.83. The van der Waals surface area contributed by atoms with Crippen LogP contribution in [0.25, 0.3) is 0 Å². The van der Waals surface area contributed by atoms with Gasteiger partial charge < -0.3 is 10.2 Å². The minimum atomic E-state index is -0.657. The van der Waals surface area contributed by atoms with Crippen molar-refractivity contribution in [3.8, 4) is 6.07 Å². The van der Waals surface area contributed by atoms with E-state index < -0.39 is 17.0 Å². The predicted molar refractivity (Wildman–Crippen MR) is 69.9 cm³/mol. The fourth-order valence-corrected chi connectivity index (χ4v) is 2.42. The molecule has 2 aliphatic rings. The average Bonchev–Trinajstić information content (AvgIpc) is 2.92. The lowest BCUT2D eigenvalue weighted by molar-refractivity contribution is -0.144. The molecule has 0 radical (unpaired) electrons. The van der Waals surface area contributed by atoms with Crippen molar-refractivity contribution in [1.82, 2.24) is 10.2 Å². The minimum absolute atomic E-state index is 0.00644. The Bertz CT molecular complexity index is 441. The van der Waals surface area contributed by atoms with Crippen LogP contribution in [-0.2, 0) is 9.59 Å². The highest BCUT2D eigenvalue weighted by atomic mass is 16.2. The van der Waals surface area contributed by atoms with Crippen molar-refractivity contribution >= 4 is 11.8 Å². The third-order valence-electron chi connectivity index (χ3n) is 3.78. The maximum absolute atomic E-state index is 12.3. The molecule has 2 rings (SSSR count). The standard InChI is InChI=1S/C14H21N3O2/c1-13(2,3)12(19)17-8-4-5-10(17)11(18)16-14(9-15)6-7-14/h10H,4-8H2,1-3H3,(H,16,18). The summed E-state index contributed by atoms with van der Waals surface area (Å²) in [5.74, 6) is -0.166. The molecule has 2 fully saturated rings. The van der Waals surface area contributed by atoms with Crippen molar-refractivity contribution in [2.45, 2.75) is 58.0 Å². The number of nitrogens with zero attached hydrogens (tertiary/aromatic N) is 2. The average molecular weight is 263 g/mol. The van der Waals surface area contributed by atoms with Crippen LogP contribution in [0.3, 0.4) is 0 Å². The van der Waals surface area contributed by atoms with Gasteiger partial charge in [0.05, 0.1) is 6.07 Å². The zero-order valence-electron chi connectivity index (χ0n) is 11.8. The lowest BCUT2D eigenvalue weighted by Gasteiger charge is -2.30. The first-order valence-corrected chi connectivity index (χ1v) is 6.83. The van der Waals surface area contributed by atoms with Gasteiger partial charge in [-0.3, -0.25) is 9.59 Å². The Morgan fingerprint density at radius 1 is 1.37 bits per heavy atom. The maximum Gasteiger partial charge on any atom is 0.244 e. The number of nitriles is 1. The van der Waals surface area contributed by atoms with Gasteiger partial charge in [-0.2, -0.15) is 5.26 Å². The summed E-state index contributed by atoms with van der Waals surface area (Å²) < 4.78 is 0. The number of rotatable bonds is 2. The molecule has 1 heterocycles. The molecule has 5 heteroatoms. The fourth-order valence-electron chi connectivity index (χ4n) is 2.42. The first-order chi connectivity index (χ1) is 8.79. The molecule has 1 N–H and O–H groups in total. The lowest BCUT2D eigenvalue weighted by atomic mass is 9.94. The van der Waals surface area contributed by atoms with Gasteiger partial charge in [-0.1, -0.05) is 20.8 Å². The molecule has 104 valence electrons. The van der Waals surface area contributed by atoms with E-state index in [-0.39, 0.29) is 11.8 Å². The van der Waals surface area contributed by atoms with Gasteiger partial charge in [-0.15, -0.1) is 0 Å². The van der Waals surface area contributed by atoms with E-state index in [0.717, 1.165) is 19.3 Å². The lowest BCUT2D eigenvalue weighted by Crippen LogP contribution is -2.51. The summed E-state index contributed by atoms with van der Waals surface area (Å²) in [7, 11) is 0. The summed E-state index contributed by atoms with van der Waals surface area (Å²) in [4.78, 5) is 26.2. The van der Waals surface area contributed by atoms with E-state index in [2.05, 4.69) is 11.4 Å². The second kappa shape index (κ2) is 4.52. The first kappa shape index (κ1) is 13.9. The van der Waals surface area contributed by atoms with Crippen LogP contribution in [0.4, 0.5) is 0 Å². The van der Waals surface area contributed by atoms with Crippen molar-refractivity contribution in [1.29, 1.82) is 5.26 Å². The van der Waals surface area contributed by atoms with Crippen LogP contribution in [0, 0.1) is 16.7 Å². The summed E-state index contributed by atoms with van der Waals surface area (Å²) in [5, 5.41) is 11.8. The number of nitrogens with one attached hydrogen (secondary N) is 1. The van der Waals surface area contributed by atoms with Gasteiger partial charge in [-0.05, 0) is 25.7 Å².